The molecule has 100 valence electrons. The van der Waals surface area contributed by atoms with Crippen LogP contribution in [0.25, 0.3) is 0 Å². The van der Waals surface area contributed by atoms with Crippen molar-refractivity contribution in [2.45, 2.75) is 33.1 Å². The first-order chi connectivity index (χ1) is 8.61. The van der Waals surface area contributed by atoms with E-state index in [9.17, 15) is 9.59 Å². The molecule has 1 amide bonds. The number of esters is 1. The maximum atomic E-state index is 11.4. The molecule has 0 aliphatic carbocycles. The van der Waals surface area contributed by atoms with Crippen LogP contribution in [0.5, 0.6) is 0 Å². The molecule has 6 heteroatoms. The molecule has 1 aromatic heterocycles. The number of carbonyl (C=O) groups excluding carboxylic acids is 2. The summed E-state index contributed by atoms with van der Waals surface area (Å²) in [5.74, 6) is -0.683. The molecule has 0 fully saturated rings. The van der Waals surface area contributed by atoms with E-state index in [0.29, 0.717) is 12.2 Å². The minimum absolute atomic E-state index is 0.118. The third-order valence-corrected chi connectivity index (χ3v) is 3.03. The number of thiazole rings is 1. The second-order valence-corrected chi connectivity index (χ2v) is 4.96. The van der Waals surface area contributed by atoms with Crippen molar-refractivity contribution >= 4 is 23.2 Å². The van der Waals surface area contributed by atoms with Crippen LogP contribution < -0.4 is 5.32 Å². The molecule has 0 radical (unpaired) electrons. The van der Waals surface area contributed by atoms with E-state index < -0.39 is 5.97 Å². The fourth-order valence-electron chi connectivity index (χ4n) is 1.29. The van der Waals surface area contributed by atoms with Crippen LogP contribution in [0.1, 0.15) is 30.5 Å². The van der Waals surface area contributed by atoms with Gasteiger partial charge in [0.1, 0.15) is 0 Å². The summed E-state index contributed by atoms with van der Waals surface area (Å²) in [6, 6.07) is 0. The highest BCUT2D eigenvalue weighted by atomic mass is 32.1. The summed E-state index contributed by atoms with van der Waals surface area (Å²) in [6.07, 6.45) is 2.06. The molecule has 0 aliphatic heterocycles. The minimum atomic E-state index is -0.425. The molecular weight excluding hydrogens is 252 g/mol. The number of nitrogens with zero attached hydrogens (tertiary/aromatic N) is 1. The molecule has 1 rings (SSSR count). The van der Waals surface area contributed by atoms with Gasteiger partial charge in [-0.3, -0.25) is 9.59 Å². The maximum absolute atomic E-state index is 11.4. The Morgan fingerprint density at radius 2 is 2.28 bits per heavy atom. The number of aryl methyl sites for hydroxylation is 1. The Labute approximate surface area is 111 Å². The van der Waals surface area contributed by atoms with Crippen LogP contribution in [0.15, 0.2) is 5.38 Å². The SMILES string of the molecule is CCCCNC(=O)COC(=O)Cc1csc(C)n1. The summed E-state index contributed by atoms with van der Waals surface area (Å²) in [5, 5.41) is 5.41. The molecule has 0 aliphatic rings. The Kier molecular flexibility index (Phi) is 6.35. The van der Waals surface area contributed by atoms with Crippen molar-refractivity contribution in [2.24, 2.45) is 0 Å². The van der Waals surface area contributed by atoms with Gasteiger partial charge in [-0.05, 0) is 13.3 Å². The third kappa shape index (κ3) is 5.77. The van der Waals surface area contributed by atoms with Crippen molar-refractivity contribution in [3.05, 3.63) is 16.1 Å². The van der Waals surface area contributed by atoms with Crippen LogP contribution in [0.3, 0.4) is 0 Å². The molecule has 0 aromatic carbocycles. The molecule has 0 saturated carbocycles. The molecule has 0 atom stereocenters. The van der Waals surface area contributed by atoms with Gasteiger partial charge < -0.3 is 10.1 Å². The second kappa shape index (κ2) is 7.81. The third-order valence-electron chi connectivity index (χ3n) is 2.21. The summed E-state index contributed by atoms with van der Waals surface area (Å²) >= 11 is 1.49. The summed E-state index contributed by atoms with van der Waals surface area (Å²) in [4.78, 5) is 26.9. The smallest absolute Gasteiger partial charge is 0.312 e. The number of rotatable bonds is 7. The predicted octanol–water partition coefficient (Wildman–Crippen LogP) is 1.45. The van der Waals surface area contributed by atoms with E-state index in [1.165, 1.54) is 11.3 Å². The molecular formula is C12H18N2O3S. The van der Waals surface area contributed by atoms with Gasteiger partial charge in [0.2, 0.25) is 0 Å². The lowest BCUT2D eigenvalue weighted by Crippen LogP contribution is -2.29. The standard InChI is InChI=1S/C12H18N2O3S/c1-3-4-5-13-11(15)7-17-12(16)6-10-8-18-9(2)14-10/h8H,3-7H2,1-2H3,(H,13,15). The summed E-state index contributed by atoms with van der Waals surface area (Å²) in [5.41, 5.74) is 0.689. The average Bonchev–Trinajstić information content (AvgIpc) is 2.72. The van der Waals surface area contributed by atoms with Crippen molar-refractivity contribution in [1.29, 1.82) is 0 Å². The fraction of sp³-hybridized carbons (Fsp3) is 0.583. The van der Waals surface area contributed by atoms with E-state index in [0.717, 1.165) is 17.8 Å². The Morgan fingerprint density at radius 3 is 2.89 bits per heavy atom. The number of nitrogens with one attached hydrogen (secondary N) is 1. The first kappa shape index (κ1) is 14.6. The van der Waals surface area contributed by atoms with Crippen molar-refractivity contribution in [3.63, 3.8) is 0 Å². The van der Waals surface area contributed by atoms with E-state index in [-0.39, 0.29) is 18.9 Å². The molecule has 0 unspecified atom stereocenters. The average molecular weight is 270 g/mol. The molecule has 0 saturated heterocycles. The zero-order valence-electron chi connectivity index (χ0n) is 10.7. The first-order valence-electron chi connectivity index (χ1n) is 5.95. The number of carbonyl (C=O) groups is 2. The number of amides is 1. The largest absolute Gasteiger partial charge is 0.455 e. The maximum Gasteiger partial charge on any atom is 0.312 e. The first-order valence-corrected chi connectivity index (χ1v) is 6.83. The van der Waals surface area contributed by atoms with E-state index in [4.69, 9.17) is 4.74 Å². The van der Waals surface area contributed by atoms with Crippen LogP contribution in [-0.2, 0) is 20.7 Å². The zero-order chi connectivity index (χ0) is 13.4. The van der Waals surface area contributed by atoms with Crippen LogP contribution in [0.4, 0.5) is 0 Å². The van der Waals surface area contributed by atoms with Crippen LogP contribution in [-0.4, -0.2) is 30.0 Å². The minimum Gasteiger partial charge on any atom is -0.455 e. The molecule has 0 bridgehead atoms. The molecule has 1 N–H and O–H groups in total. The molecule has 1 aromatic rings. The van der Waals surface area contributed by atoms with Gasteiger partial charge in [0.25, 0.3) is 5.91 Å². The van der Waals surface area contributed by atoms with Gasteiger partial charge in [-0.1, -0.05) is 13.3 Å². The topological polar surface area (TPSA) is 68.3 Å². The van der Waals surface area contributed by atoms with Crippen LogP contribution >= 0.6 is 11.3 Å². The lowest BCUT2D eigenvalue weighted by molar-refractivity contribution is -0.147. The Bertz CT molecular complexity index is 404. The number of aromatic nitrogens is 1. The van der Waals surface area contributed by atoms with Crippen molar-refractivity contribution in [2.75, 3.05) is 13.2 Å². The van der Waals surface area contributed by atoms with Gasteiger partial charge in [-0.15, -0.1) is 11.3 Å². The van der Waals surface area contributed by atoms with E-state index >= 15 is 0 Å². The summed E-state index contributed by atoms with van der Waals surface area (Å²) in [7, 11) is 0. The Hall–Kier alpha value is -1.43. The zero-order valence-corrected chi connectivity index (χ0v) is 11.5. The number of unbranched alkanes of at least 4 members (excludes halogenated alkanes) is 1. The number of hydrogen-bond donors (Lipinski definition) is 1. The number of hydrogen-bond acceptors (Lipinski definition) is 5. The second-order valence-electron chi connectivity index (χ2n) is 3.90. The van der Waals surface area contributed by atoms with Gasteiger partial charge in [0.05, 0.1) is 17.1 Å². The van der Waals surface area contributed by atoms with Crippen molar-refractivity contribution < 1.29 is 14.3 Å². The van der Waals surface area contributed by atoms with Crippen LogP contribution in [0, 0.1) is 6.92 Å². The fourth-order valence-corrected chi connectivity index (χ4v) is 1.90. The highest BCUT2D eigenvalue weighted by Crippen LogP contribution is 2.08. The van der Waals surface area contributed by atoms with Crippen molar-refractivity contribution in [1.82, 2.24) is 10.3 Å². The summed E-state index contributed by atoms with van der Waals surface area (Å²) in [6.45, 7) is 4.33. The van der Waals surface area contributed by atoms with Crippen molar-refractivity contribution in [3.8, 4) is 0 Å². The Balaban J connectivity index is 2.18. The molecule has 5 nitrogen and oxygen atoms in total. The van der Waals surface area contributed by atoms with Gasteiger partial charge in [-0.2, -0.15) is 0 Å². The van der Waals surface area contributed by atoms with Gasteiger partial charge in [-0.25, -0.2) is 4.98 Å². The molecule has 0 spiro atoms. The Morgan fingerprint density at radius 1 is 1.50 bits per heavy atom. The van der Waals surface area contributed by atoms with Crippen LogP contribution in [0.2, 0.25) is 0 Å². The van der Waals surface area contributed by atoms with Gasteiger partial charge >= 0.3 is 5.97 Å². The molecule has 1 heterocycles. The monoisotopic (exact) mass is 270 g/mol. The summed E-state index contributed by atoms with van der Waals surface area (Å²) < 4.78 is 4.86. The van der Waals surface area contributed by atoms with E-state index in [1.807, 2.05) is 19.2 Å². The highest BCUT2D eigenvalue weighted by molar-refractivity contribution is 7.09. The quantitative estimate of drug-likeness (QED) is 0.601. The normalized spacial score (nSPS) is 10.1. The highest BCUT2D eigenvalue weighted by Gasteiger charge is 2.09. The number of ether oxygens (including phenoxy) is 1. The molecule has 18 heavy (non-hydrogen) atoms. The predicted molar refractivity (Wildman–Crippen MR) is 69.4 cm³/mol. The lowest BCUT2D eigenvalue weighted by Gasteiger charge is -2.05. The lowest BCUT2D eigenvalue weighted by atomic mass is 10.3. The van der Waals surface area contributed by atoms with E-state index in [1.54, 1.807) is 0 Å². The van der Waals surface area contributed by atoms with Gasteiger partial charge in [0, 0.05) is 11.9 Å². The van der Waals surface area contributed by atoms with E-state index in [2.05, 4.69) is 10.3 Å². The van der Waals surface area contributed by atoms with Gasteiger partial charge in [0.15, 0.2) is 6.61 Å².